The summed E-state index contributed by atoms with van der Waals surface area (Å²) in [6.07, 6.45) is 0.674. The molecule has 3 aromatic rings. The minimum Gasteiger partial charge on any atom is -0.487 e. The van der Waals surface area contributed by atoms with Gasteiger partial charge in [0.1, 0.15) is 11.4 Å². The molecule has 1 N–H and O–H groups in total. The molecule has 8 heteroatoms. The second kappa shape index (κ2) is 7.78. The van der Waals surface area contributed by atoms with Crippen molar-refractivity contribution in [3.05, 3.63) is 59.4 Å². The van der Waals surface area contributed by atoms with Gasteiger partial charge in [0.05, 0.1) is 11.7 Å². The minimum atomic E-state index is -0.364. The van der Waals surface area contributed by atoms with E-state index in [0.717, 1.165) is 22.7 Å². The summed E-state index contributed by atoms with van der Waals surface area (Å²) < 4.78 is 13.3. The molecule has 4 rings (SSSR count). The Morgan fingerprint density at radius 1 is 1.23 bits per heavy atom. The van der Waals surface area contributed by atoms with Gasteiger partial charge in [0.15, 0.2) is 12.4 Å². The first-order valence-electron chi connectivity index (χ1n) is 9.88. The standard InChI is InChI=1S/C22H25N5O3/c1-14-11-15(2)27(26-14)19-9-10-21(25-24-19)29-13-20(28)23-17-12-22(3,4)30-18-8-6-5-7-16(17)18/h5-11,17H,12-13H2,1-4H3,(H,23,28)/t17-/m0/s1. The SMILES string of the molecule is Cc1cc(C)n(-c2ccc(OCC(=O)N[C@H]3CC(C)(C)Oc4ccccc43)nn2)n1. The zero-order valence-corrected chi connectivity index (χ0v) is 17.5. The van der Waals surface area contributed by atoms with Crippen LogP contribution in [0, 0.1) is 13.8 Å². The van der Waals surface area contributed by atoms with Gasteiger partial charge in [-0.3, -0.25) is 4.79 Å². The zero-order chi connectivity index (χ0) is 21.3. The maximum atomic E-state index is 12.5. The highest BCUT2D eigenvalue weighted by molar-refractivity contribution is 5.78. The third-order valence-electron chi connectivity index (χ3n) is 4.92. The highest BCUT2D eigenvalue weighted by atomic mass is 16.5. The maximum Gasteiger partial charge on any atom is 0.258 e. The summed E-state index contributed by atoms with van der Waals surface area (Å²) in [6, 6.07) is 13.0. The number of nitrogens with zero attached hydrogens (tertiary/aromatic N) is 4. The van der Waals surface area contributed by atoms with E-state index >= 15 is 0 Å². The number of nitrogens with one attached hydrogen (secondary N) is 1. The Kier molecular flexibility index (Phi) is 5.15. The number of hydrogen-bond donors (Lipinski definition) is 1. The van der Waals surface area contributed by atoms with Gasteiger partial charge < -0.3 is 14.8 Å². The highest BCUT2D eigenvalue weighted by Crippen LogP contribution is 2.39. The van der Waals surface area contributed by atoms with E-state index in [1.807, 2.05) is 58.0 Å². The lowest BCUT2D eigenvalue weighted by Crippen LogP contribution is -2.42. The number of para-hydroxylation sites is 1. The molecule has 3 heterocycles. The molecule has 0 aliphatic carbocycles. The quantitative estimate of drug-likeness (QED) is 0.699. The second-order valence-corrected chi connectivity index (χ2v) is 8.08. The van der Waals surface area contributed by atoms with Gasteiger partial charge in [-0.15, -0.1) is 10.2 Å². The third-order valence-corrected chi connectivity index (χ3v) is 4.92. The van der Waals surface area contributed by atoms with Crippen LogP contribution in [0.1, 0.15) is 43.3 Å². The molecule has 1 amide bonds. The summed E-state index contributed by atoms with van der Waals surface area (Å²) in [4.78, 5) is 12.5. The predicted octanol–water partition coefficient (Wildman–Crippen LogP) is 3.08. The molecular formula is C22H25N5O3. The normalized spacial score (nSPS) is 17.0. The fourth-order valence-electron chi connectivity index (χ4n) is 3.67. The van der Waals surface area contributed by atoms with E-state index in [9.17, 15) is 4.79 Å². The third kappa shape index (κ3) is 4.27. The topological polar surface area (TPSA) is 91.2 Å². The predicted molar refractivity (Wildman–Crippen MR) is 111 cm³/mol. The van der Waals surface area contributed by atoms with Crippen molar-refractivity contribution in [1.29, 1.82) is 0 Å². The number of carbonyl (C=O) groups is 1. The first-order chi connectivity index (χ1) is 14.3. The average molecular weight is 407 g/mol. The Morgan fingerprint density at radius 2 is 2.03 bits per heavy atom. The molecule has 0 saturated heterocycles. The molecule has 0 fully saturated rings. The van der Waals surface area contributed by atoms with Crippen LogP contribution in [0.25, 0.3) is 5.82 Å². The summed E-state index contributed by atoms with van der Waals surface area (Å²) in [5.41, 5.74) is 2.48. The van der Waals surface area contributed by atoms with Crippen molar-refractivity contribution in [2.75, 3.05) is 6.61 Å². The van der Waals surface area contributed by atoms with Crippen LogP contribution in [-0.4, -0.2) is 38.1 Å². The van der Waals surface area contributed by atoms with Crippen molar-refractivity contribution in [3.8, 4) is 17.4 Å². The largest absolute Gasteiger partial charge is 0.487 e. The number of benzene rings is 1. The molecule has 0 bridgehead atoms. The molecule has 156 valence electrons. The molecule has 0 unspecified atom stereocenters. The van der Waals surface area contributed by atoms with E-state index < -0.39 is 0 Å². The first-order valence-corrected chi connectivity index (χ1v) is 9.88. The maximum absolute atomic E-state index is 12.5. The Balaban J connectivity index is 1.38. The van der Waals surface area contributed by atoms with Crippen molar-refractivity contribution in [3.63, 3.8) is 0 Å². The molecule has 2 aromatic heterocycles. The van der Waals surface area contributed by atoms with Crippen molar-refractivity contribution in [2.45, 2.75) is 45.8 Å². The fraction of sp³-hybridized carbons (Fsp3) is 0.364. The number of fused-ring (bicyclic) bond motifs is 1. The monoisotopic (exact) mass is 407 g/mol. The number of aryl methyl sites for hydroxylation is 2. The number of rotatable bonds is 5. The molecule has 1 aromatic carbocycles. The van der Waals surface area contributed by atoms with Gasteiger partial charge in [-0.1, -0.05) is 18.2 Å². The van der Waals surface area contributed by atoms with Crippen LogP contribution in [0.2, 0.25) is 0 Å². The molecule has 0 radical (unpaired) electrons. The molecule has 0 saturated carbocycles. The molecule has 1 aliphatic heterocycles. The smallest absolute Gasteiger partial charge is 0.258 e. The molecule has 1 aliphatic rings. The van der Waals surface area contributed by atoms with Crippen molar-refractivity contribution < 1.29 is 14.3 Å². The van der Waals surface area contributed by atoms with Crippen LogP contribution in [0.5, 0.6) is 11.6 Å². The summed E-state index contributed by atoms with van der Waals surface area (Å²) >= 11 is 0. The van der Waals surface area contributed by atoms with Crippen molar-refractivity contribution >= 4 is 5.91 Å². The second-order valence-electron chi connectivity index (χ2n) is 8.08. The molecule has 30 heavy (non-hydrogen) atoms. The lowest BCUT2D eigenvalue weighted by Gasteiger charge is -2.37. The van der Waals surface area contributed by atoms with Gasteiger partial charge in [-0.2, -0.15) is 5.10 Å². The number of hydrogen-bond acceptors (Lipinski definition) is 6. The molecule has 8 nitrogen and oxygen atoms in total. The fourth-order valence-corrected chi connectivity index (χ4v) is 3.67. The van der Waals surface area contributed by atoms with E-state index in [1.54, 1.807) is 16.8 Å². The summed E-state index contributed by atoms with van der Waals surface area (Å²) in [5, 5.41) is 15.6. The molecule has 1 atom stereocenters. The van der Waals surface area contributed by atoms with Crippen LogP contribution in [0.15, 0.2) is 42.5 Å². The highest BCUT2D eigenvalue weighted by Gasteiger charge is 2.34. The molecule has 0 spiro atoms. The summed E-state index contributed by atoms with van der Waals surface area (Å²) in [5.74, 6) is 1.45. The molecular weight excluding hydrogens is 382 g/mol. The number of ether oxygens (including phenoxy) is 2. The van der Waals surface area contributed by atoms with Gasteiger partial charge in [-0.25, -0.2) is 4.68 Å². The first kappa shape index (κ1) is 19.9. The van der Waals surface area contributed by atoms with Crippen LogP contribution >= 0.6 is 0 Å². The number of aromatic nitrogens is 4. The Morgan fingerprint density at radius 3 is 2.73 bits per heavy atom. The van der Waals surface area contributed by atoms with Crippen molar-refractivity contribution in [2.24, 2.45) is 0 Å². The van der Waals surface area contributed by atoms with Gasteiger partial charge in [-0.05, 0) is 45.9 Å². The number of amides is 1. The van der Waals surface area contributed by atoms with Gasteiger partial charge in [0.2, 0.25) is 5.88 Å². The van der Waals surface area contributed by atoms with Crippen LogP contribution < -0.4 is 14.8 Å². The minimum absolute atomic E-state index is 0.138. The van der Waals surface area contributed by atoms with E-state index in [1.165, 1.54) is 0 Å². The van der Waals surface area contributed by atoms with E-state index in [4.69, 9.17) is 9.47 Å². The Hall–Kier alpha value is -3.42. The lowest BCUT2D eigenvalue weighted by atomic mass is 9.90. The summed E-state index contributed by atoms with van der Waals surface area (Å²) in [6.45, 7) is 7.75. The Labute approximate surface area is 175 Å². The van der Waals surface area contributed by atoms with Crippen molar-refractivity contribution in [1.82, 2.24) is 25.3 Å². The Bertz CT molecular complexity index is 1060. The average Bonchev–Trinajstić information content (AvgIpc) is 3.04. The van der Waals surface area contributed by atoms with Gasteiger partial charge in [0.25, 0.3) is 5.91 Å². The number of carbonyl (C=O) groups excluding carboxylic acids is 1. The summed E-state index contributed by atoms with van der Waals surface area (Å²) in [7, 11) is 0. The van der Waals surface area contributed by atoms with E-state index in [0.29, 0.717) is 12.2 Å². The van der Waals surface area contributed by atoms with Gasteiger partial charge in [0, 0.05) is 23.7 Å². The zero-order valence-electron chi connectivity index (χ0n) is 17.5. The van der Waals surface area contributed by atoms with Crippen LogP contribution in [0.4, 0.5) is 0 Å². The van der Waals surface area contributed by atoms with Gasteiger partial charge >= 0.3 is 0 Å². The lowest BCUT2D eigenvalue weighted by molar-refractivity contribution is -0.124. The van der Waals surface area contributed by atoms with Crippen LogP contribution in [0.3, 0.4) is 0 Å². The van der Waals surface area contributed by atoms with Crippen LogP contribution in [-0.2, 0) is 4.79 Å². The van der Waals surface area contributed by atoms with E-state index in [-0.39, 0.29) is 30.0 Å². The van der Waals surface area contributed by atoms with E-state index in [2.05, 4.69) is 20.6 Å².